The lowest BCUT2D eigenvalue weighted by molar-refractivity contribution is -0.137. The molecule has 3 N–H and O–H groups in total. The smallest absolute Gasteiger partial charge is 0.305 e. The molecule has 1 aliphatic carbocycles. The molecule has 4 rings (SSSR count). The average Bonchev–Trinajstić information content (AvgIpc) is 3.32. The predicted molar refractivity (Wildman–Crippen MR) is 118 cm³/mol. The molecule has 2 heterocycles. The largest absolute Gasteiger partial charge is 0.481 e. The van der Waals surface area contributed by atoms with Gasteiger partial charge in [0.15, 0.2) is 9.84 Å². The van der Waals surface area contributed by atoms with Gasteiger partial charge in [0, 0.05) is 23.4 Å². The van der Waals surface area contributed by atoms with Gasteiger partial charge in [-0.1, -0.05) is 12.8 Å². The van der Waals surface area contributed by atoms with Crippen LogP contribution in [0.1, 0.15) is 43.4 Å². The van der Waals surface area contributed by atoms with Gasteiger partial charge in [0.25, 0.3) is 0 Å². The lowest BCUT2D eigenvalue weighted by Crippen LogP contribution is -2.15. The number of hydrogen-bond acceptors (Lipinski definition) is 6. The topological polar surface area (TPSA) is 112 Å². The van der Waals surface area contributed by atoms with Gasteiger partial charge < -0.3 is 15.4 Å². The summed E-state index contributed by atoms with van der Waals surface area (Å²) in [6.45, 7) is 0. The Balaban J connectivity index is 1.70. The minimum Gasteiger partial charge on any atom is -0.481 e. The van der Waals surface area contributed by atoms with Crippen LogP contribution in [0.25, 0.3) is 10.9 Å². The van der Waals surface area contributed by atoms with Crippen LogP contribution in [-0.4, -0.2) is 53.6 Å². The lowest BCUT2D eigenvalue weighted by atomic mass is 10.1. The summed E-state index contributed by atoms with van der Waals surface area (Å²) in [6, 6.07) is 6.01. The normalized spacial score (nSPS) is 20.3. The number of nitrogens with one attached hydrogen (secondary N) is 2. The van der Waals surface area contributed by atoms with Crippen molar-refractivity contribution in [3.8, 4) is 0 Å². The molecular formula is C20H25N3O4S2. The zero-order valence-electron chi connectivity index (χ0n) is 16.3. The summed E-state index contributed by atoms with van der Waals surface area (Å²) in [5.41, 5.74) is 3.47. The standard InChI is InChI=1S/C20H25N3O4S2/c1-29(26,27)11-12-6-13-8-17(20-22-15(10-28-20)9-18(24)25)23-19(13)16(7-12)21-14-4-2-3-5-14/h6-8,14-15,21,23H,2-5,9-11H2,1H3,(H,24,25)/t15-/m1/s1. The van der Waals surface area contributed by atoms with Gasteiger partial charge in [0.05, 0.1) is 35.1 Å². The summed E-state index contributed by atoms with van der Waals surface area (Å²) in [4.78, 5) is 18.9. The Morgan fingerprint density at radius 3 is 2.76 bits per heavy atom. The average molecular weight is 436 g/mol. The van der Waals surface area contributed by atoms with Gasteiger partial charge in [0.1, 0.15) is 5.04 Å². The minimum atomic E-state index is -3.14. The van der Waals surface area contributed by atoms with Crippen molar-refractivity contribution in [2.75, 3.05) is 17.3 Å². The van der Waals surface area contributed by atoms with Gasteiger partial charge >= 0.3 is 5.97 Å². The molecular weight excluding hydrogens is 410 g/mol. The summed E-state index contributed by atoms with van der Waals surface area (Å²) in [5, 5.41) is 14.3. The van der Waals surface area contributed by atoms with E-state index < -0.39 is 15.8 Å². The summed E-state index contributed by atoms with van der Waals surface area (Å²) < 4.78 is 23.7. The molecule has 0 radical (unpaired) electrons. The van der Waals surface area contributed by atoms with E-state index in [4.69, 9.17) is 5.11 Å². The number of H-pyrrole nitrogens is 1. The third-order valence-corrected chi connectivity index (χ3v) is 7.29. The minimum absolute atomic E-state index is 0.000811. The number of benzene rings is 1. The van der Waals surface area contributed by atoms with Gasteiger partial charge in [-0.3, -0.25) is 9.79 Å². The van der Waals surface area contributed by atoms with Crippen LogP contribution in [-0.2, 0) is 20.4 Å². The highest BCUT2D eigenvalue weighted by Crippen LogP contribution is 2.33. The van der Waals surface area contributed by atoms with Crippen molar-refractivity contribution >= 4 is 49.2 Å². The quantitative estimate of drug-likeness (QED) is 0.615. The van der Waals surface area contributed by atoms with E-state index in [0.717, 1.165) is 45.7 Å². The first-order valence-corrected chi connectivity index (χ1v) is 12.8. The number of thioether (sulfide) groups is 1. The number of carboxylic acids is 1. The number of carboxylic acid groups (broad SMARTS) is 1. The Morgan fingerprint density at radius 2 is 2.07 bits per heavy atom. The van der Waals surface area contributed by atoms with E-state index in [1.54, 1.807) is 11.8 Å². The lowest BCUT2D eigenvalue weighted by Gasteiger charge is -2.15. The van der Waals surface area contributed by atoms with Crippen molar-refractivity contribution in [1.29, 1.82) is 0 Å². The first kappa shape index (κ1) is 20.3. The van der Waals surface area contributed by atoms with E-state index in [2.05, 4.69) is 15.3 Å². The Hall–Kier alpha value is -2.00. The molecule has 0 bridgehead atoms. The second-order valence-corrected chi connectivity index (χ2v) is 11.1. The maximum atomic E-state index is 11.8. The van der Waals surface area contributed by atoms with Crippen molar-refractivity contribution in [3.05, 3.63) is 29.5 Å². The number of aliphatic imine (C=N–C) groups is 1. The number of carbonyl (C=O) groups is 1. The van der Waals surface area contributed by atoms with Crippen molar-refractivity contribution in [2.45, 2.75) is 49.9 Å². The fourth-order valence-corrected chi connectivity index (χ4v) is 5.88. The molecule has 1 saturated carbocycles. The number of aromatic amines is 1. The number of nitrogens with zero attached hydrogens (tertiary/aromatic N) is 1. The van der Waals surface area contributed by atoms with Gasteiger partial charge in [-0.25, -0.2) is 8.42 Å². The maximum Gasteiger partial charge on any atom is 0.305 e. The molecule has 2 aromatic rings. The highest BCUT2D eigenvalue weighted by atomic mass is 32.2. The van der Waals surface area contributed by atoms with Crippen LogP contribution in [0.4, 0.5) is 5.69 Å². The number of anilines is 1. The number of aliphatic carboxylic acids is 1. The monoisotopic (exact) mass is 435 g/mol. The molecule has 7 nitrogen and oxygen atoms in total. The van der Waals surface area contributed by atoms with Crippen LogP contribution in [0, 0.1) is 0 Å². The molecule has 1 aliphatic heterocycles. The van der Waals surface area contributed by atoms with Crippen LogP contribution in [0.2, 0.25) is 0 Å². The zero-order valence-corrected chi connectivity index (χ0v) is 17.9. The second-order valence-electron chi connectivity index (χ2n) is 7.98. The Morgan fingerprint density at radius 1 is 1.31 bits per heavy atom. The number of hydrogen-bond donors (Lipinski definition) is 3. The summed E-state index contributed by atoms with van der Waals surface area (Å²) in [5.74, 6) is -0.186. The van der Waals surface area contributed by atoms with Crippen LogP contribution in [0.5, 0.6) is 0 Å². The predicted octanol–water partition coefficient (Wildman–Crippen LogP) is 3.40. The molecule has 1 aromatic heterocycles. The third kappa shape index (κ3) is 4.95. The van der Waals surface area contributed by atoms with Crippen molar-refractivity contribution < 1.29 is 18.3 Å². The van der Waals surface area contributed by atoms with Gasteiger partial charge in [-0.2, -0.15) is 0 Å². The Labute approximate surface area is 174 Å². The van der Waals surface area contributed by atoms with Crippen LogP contribution in [0.15, 0.2) is 23.2 Å². The van der Waals surface area contributed by atoms with Crippen molar-refractivity contribution in [2.24, 2.45) is 4.99 Å². The number of aromatic nitrogens is 1. The zero-order chi connectivity index (χ0) is 20.6. The summed E-state index contributed by atoms with van der Waals surface area (Å²) in [7, 11) is -3.14. The van der Waals surface area contributed by atoms with Gasteiger partial charge in [0.2, 0.25) is 0 Å². The SMILES string of the molecule is CS(=O)(=O)Cc1cc(NC2CCCC2)c2[nH]c(C3=N[C@H](CC(=O)O)CS3)cc2c1. The van der Waals surface area contributed by atoms with E-state index in [0.29, 0.717) is 11.8 Å². The van der Waals surface area contributed by atoms with E-state index in [9.17, 15) is 13.2 Å². The fraction of sp³-hybridized carbons (Fsp3) is 0.500. The van der Waals surface area contributed by atoms with Crippen molar-refractivity contribution in [1.82, 2.24) is 4.98 Å². The van der Waals surface area contributed by atoms with Crippen LogP contribution >= 0.6 is 11.8 Å². The van der Waals surface area contributed by atoms with E-state index >= 15 is 0 Å². The Bertz CT molecular complexity index is 1070. The van der Waals surface area contributed by atoms with E-state index in [1.807, 2.05) is 18.2 Å². The molecule has 0 saturated heterocycles. The molecule has 29 heavy (non-hydrogen) atoms. The number of sulfone groups is 1. The number of fused-ring (bicyclic) bond motifs is 1. The molecule has 0 spiro atoms. The third-order valence-electron chi connectivity index (χ3n) is 5.28. The highest BCUT2D eigenvalue weighted by Gasteiger charge is 2.24. The summed E-state index contributed by atoms with van der Waals surface area (Å²) in [6.07, 6.45) is 5.92. The molecule has 1 atom stereocenters. The maximum absolute atomic E-state index is 11.8. The molecule has 9 heteroatoms. The van der Waals surface area contributed by atoms with E-state index in [1.165, 1.54) is 19.1 Å². The fourth-order valence-electron chi connectivity index (χ4n) is 4.08. The Kier molecular flexibility index (Phi) is 5.61. The summed E-state index contributed by atoms with van der Waals surface area (Å²) >= 11 is 1.55. The van der Waals surface area contributed by atoms with Crippen LogP contribution < -0.4 is 5.32 Å². The van der Waals surface area contributed by atoms with Gasteiger partial charge in [-0.15, -0.1) is 11.8 Å². The molecule has 0 unspecified atom stereocenters. The highest BCUT2D eigenvalue weighted by molar-refractivity contribution is 8.14. The number of rotatable bonds is 7. The van der Waals surface area contributed by atoms with Crippen molar-refractivity contribution in [3.63, 3.8) is 0 Å². The molecule has 0 amide bonds. The van der Waals surface area contributed by atoms with Gasteiger partial charge in [-0.05, 0) is 36.6 Å². The molecule has 1 fully saturated rings. The molecule has 2 aliphatic rings. The second kappa shape index (κ2) is 8.02. The van der Waals surface area contributed by atoms with E-state index in [-0.39, 0.29) is 18.2 Å². The first-order chi connectivity index (χ1) is 13.8. The molecule has 1 aromatic carbocycles. The molecule has 156 valence electrons. The van der Waals surface area contributed by atoms with Crippen LogP contribution in [0.3, 0.4) is 0 Å². The first-order valence-electron chi connectivity index (χ1n) is 9.79.